The summed E-state index contributed by atoms with van der Waals surface area (Å²) in [7, 11) is 0. The van der Waals surface area contributed by atoms with Gasteiger partial charge in [-0.2, -0.15) is 5.48 Å². The molecule has 0 fully saturated rings. The lowest BCUT2D eigenvalue weighted by molar-refractivity contribution is -0.175. The number of amides is 1. The number of nitrogens with one attached hydrogen (secondary N) is 1. The second-order valence-corrected chi connectivity index (χ2v) is 5.18. The summed E-state index contributed by atoms with van der Waals surface area (Å²) in [5, 5.41) is 0. The fraction of sp³-hybridized carbons (Fsp3) is 0.250. The van der Waals surface area contributed by atoms with Gasteiger partial charge in [-0.25, -0.2) is 14.8 Å². The number of aromatic nitrogens is 2. The van der Waals surface area contributed by atoms with Crippen LogP contribution in [0.3, 0.4) is 0 Å². The molecule has 1 heterocycles. The molecule has 0 aliphatic heterocycles. The van der Waals surface area contributed by atoms with Crippen LogP contribution in [0.2, 0.25) is 0 Å². The lowest BCUT2D eigenvalue weighted by atomic mass is 10.1. The number of carbonyl (C=O) groups excluding carboxylic acids is 2. The third-order valence-electron chi connectivity index (χ3n) is 2.94. The Labute approximate surface area is 133 Å². The highest BCUT2D eigenvalue weighted by atomic mass is 16.7. The number of nitrogens with zero attached hydrogens (tertiary/aromatic N) is 2. The number of rotatable bonds is 5. The van der Waals surface area contributed by atoms with Crippen LogP contribution in [0.1, 0.15) is 30.0 Å². The lowest BCUT2D eigenvalue weighted by Gasteiger charge is -2.22. The fourth-order valence-electron chi connectivity index (χ4n) is 1.57. The van der Waals surface area contributed by atoms with E-state index in [-0.39, 0.29) is 12.4 Å². The maximum Gasteiger partial charge on any atom is 0.363 e. The zero-order chi connectivity index (χ0) is 16.7. The summed E-state index contributed by atoms with van der Waals surface area (Å²) >= 11 is 0. The van der Waals surface area contributed by atoms with Gasteiger partial charge < -0.3 is 9.57 Å². The van der Waals surface area contributed by atoms with Gasteiger partial charge in [0.1, 0.15) is 0 Å². The zero-order valence-corrected chi connectivity index (χ0v) is 12.9. The Morgan fingerprint density at radius 2 is 1.74 bits per heavy atom. The number of hydroxylamine groups is 1. The Morgan fingerprint density at radius 1 is 1.09 bits per heavy atom. The fourth-order valence-corrected chi connectivity index (χ4v) is 1.57. The summed E-state index contributed by atoms with van der Waals surface area (Å²) < 4.78 is 5.56. The summed E-state index contributed by atoms with van der Waals surface area (Å²) in [5.41, 5.74) is 1.71. The Kier molecular flexibility index (Phi) is 5.37. The van der Waals surface area contributed by atoms with Crippen molar-refractivity contribution in [3.8, 4) is 0 Å². The largest absolute Gasteiger partial charge is 0.363 e. The predicted molar refractivity (Wildman–Crippen MR) is 80.9 cm³/mol. The van der Waals surface area contributed by atoms with Crippen molar-refractivity contribution in [1.29, 1.82) is 0 Å². The molecule has 2 aromatic rings. The molecule has 0 saturated carbocycles. The number of hydrogen-bond acceptors (Lipinski definition) is 6. The van der Waals surface area contributed by atoms with Crippen LogP contribution >= 0.6 is 0 Å². The Bertz CT molecular complexity index is 660. The third-order valence-corrected chi connectivity index (χ3v) is 2.94. The van der Waals surface area contributed by atoms with Crippen LogP contribution < -0.4 is 5.48 Å². The van der Waals surface area contributed by atoms with Crippen LogP contribution in [0.25, 0.3) is 0 Å². The van der Waals surface area contributed by atoms with Crippen LogP contribution in [0.4, 0.5) is 0 Å². The first-order valence-corrected chi connectivity index (χ1v) is 6.95. The molecule has 7 nitrogen and oxygen atoms in total. The highest BCUT2D eigenvalue weighted by molar-refractivity contribution is 5.90. The standard InChI is InChI=1S/C16H17N3O4/c1-16(2,22-11-12-7-4-3-5-8-12)15(21)23-19-14(20)13-17-9-6-10-18-13/h3-10H,11H2,1-2H3,(H,19,20). The molecular formula is C16H17N3O4. The van der Waals surface area contributed by atoms with Crippen LogP contribution in [0.5, 0.6) is 0 Å². The summed E-state index contributed by atoms with van der Waals surface area (Å²) in [5.74, 6) is -1.53. The van der Waals surface area contributed by atoms with E-state index in [1.165, 1.54) is 12.4 Å². The quantitative estimate of drug-likeness (QED) is 0.844. The first-order chi connectivity index (χ1) is 11.0. The SMILES string of the molecule is CC(C)(OCc1ccccc1)C(=O)ONC(=O)c1ncccn1. The minimum atomic E-state index is -1.22. The molecule has 0 bridgehead atoms. The molecule has 120 valence electrons. The van der Waals surface area contributed by atoms with Crippen molar-refractivity contribution in [2.45, 2.75) is 26.1 Å². The first kappa shape index (κ1) is 16.6. The van der Waals surface area contributed by atoms with E-state index in [1.807, 2.05) is 35.8 Å². The van der Waals surface area contributed by atoms with E-state index >= 15 is 0 Å². The van der Waals surface area contributed by atoms with Crippen LogP contribution in [0, 0.1) is 0 Å². The highest BCUT2D eigenvalue weighted by Crippen LogP contribution is 2.14. The van der Waals surface area contributed by atoms with Crippen molar-refractivity contribution in [2.75, 3.05) is 0 Å². The Balaban J connectivity index is 1.85. The minimum Gasteiger partial charge on any atom is -0.359 e. The molecule has 1 aromatic heterocycles. The van der Waals surface area contributed by atoms with Gasteiger partial charge in [-0.15, -0.1) is 0 Å². The van der Waals surface area contributed by atoms with Crippen molar-refractivity contribution < 1.29 is 19.2 Å². The monoisotopic (exact) mass is 315 g/mol. The molecule has 23 heavy (non-hydrogen) atoms. The summed E-state index contributed by atoms with van der Waals surface area (Å²) in [4.78, 5) is 36.0. The van der Waals surface area contributed by atoms with Gasteiger partial charge in [0.15, 0.2) is 5.60 Å². The van der Waals surface area contributed by atoms with Gasteiger partial charge in [0.2, 0.25) is 5.82 Å². The van der Waals surface area contributed by atoms with Crippen molar-refractivity contribution in [3.63, 3.8) is 0 Å². The maximum atomic E-state index is 12.0. The van der Waals surface area contributed by atoms with Crippen LogP contribution in [0.15, 0.2) is 48.8 Å². The van der Waals surface area contributed by atoms with Gasteiger partial charge in [0, 0.05) is 12.4 Å². The molecule has 0 aliphatic rings. The van der Waals surface area contributed by atoms with Gasteiger partial charge in [0.05, 0.1) is 6.61 Å². The average Bonchev–Trinajstić information content (AvgIpc) is 2.59. The van der Waals surface area contributed by atoms with E-state index in [1.54, 1.807) is 19.9 Å². The van der Waals surface area contributed by atoms with E-state index in [0.29, 0.717) is 0 Å². The molecule has 2 rings (SSSR count). The number of hydrogen-bond donors (Lipinski definition) is 1. The molecule has 7 heteroatoms. The molecule has 1 aromatic carbocycles. The molecular weight excluding hydrogens is 298 g/mol. The van der Waals surface area contributed by atoms with Gasteiger partial charge in [0.25, 0.3) is 0 Å². The molecule has 1 N–H and O–H groups in total. The van der Waals surface area contributed by atoms with Crippen molar-refractivity contribution in [3.05, 3.63) is 60.2 Å². The molecule has 0 spiro atoms. The molecule has 0 aliphatic carbocycles. The molecule has 1 amide bonds. The molecule has 0 saturated heterocycles. The van der Waals surface area contributed by atoms with E-state index in [9.17, 15) is 9.59 Å². The van der Waals surface area contributed by atoms with E-state index in [2.05, 4.69) is 9.97 Å². The van der Waals surface area contributed by atoms with Crippen LogP contribution in [-0.4, -0.2) is 27.4 Å². The number of benzene rings is 1. The zero-order valence-electron chi connectivity index (χ0n) is 12.9. The molecule has 0 radical (unpaired) electrons. The van der Waals surface area contributed by atoms with Crippen molar-refractivity contribution in [1.82, 2.24) is 15.4 Å². The first-order valence-electron chi connectivity index (χ1n) is 6.95. The average molecular weight is 315 g/mol. The van der Waals surface area contributed by atoms with Gasteiger partial charge in [-0.05, 0) is 25.5 Å². The van der Waals surface area contributed by atoms with Gasteiger partial charge >= 0.3 is 11.9 Å². The summed E-state index contributed by atoms with van der Waals surface area (Å²) in [6.45, 7) is 3.37. The smallest absolute Gasteiger partial charge is 0.359 e. The predicted octanol–water partition coefficient (Wildman–Crippen LogP) is 1.66. The highest BCUT2D eigenvalue weighted by Gasteiger charge is 2.31. The van der Waals surface area contributed by atoms with Crippen molar-refractivity contribution in [2.24, 2.45) is 0 Å². The summed E-state index contributed by atoms with van der Waals surface area (Å²) in [6.07, 6.45) is 2.83. The number of carbonyl (C=O) groups is 2. The van der Waals surface area contributed by atoms with Crippen LogP contribution in [-0.2, 0) is 21.0 Å². The third kappa shape index (κ3) is 4.86. The van der Waals surface area contributed by atoms with Crippen molar-refractivity contribution >= 4 is 11.9 Å². The normalized spacial score (nSPS) is 10.9. The van der Waals surface area contributed by atoms with Gasteiger partial charge in [-0.3, -0.25) is 4.79 Å². The second-order valence-electron chi connectivity index (χ2n) is 5.18. The summed E-state index contributed by atoms with van der Waals surface area (Å²) in [6, 6.07) is 11.0. The maximum absolute atomic E-state index is 12.0. The number of ether oxygens (including phenoxy) is 1. The second kappa shape index (κ2) is 7.46. The topological polar surface area (TPSA) is 90.4 Å². The molecule has 0 atom stereocenters. The molecule has 0 unspecified atom stereocenters. The van der Waals surface area contributed by atoms with Gasteiger partial charge in [-0.1, -0.05) is 30.3 Å². The van der Waals surface area contributed by atoms with E-state index < -0.39 is 17.5 Å². The minimum absolute atomic E-state index is 0.0942. The van der Waals surface area contributed by atoms with E-state index in [0.717, 1.165) is 5.56 Å². The Hall–Kier alpha value is -2.80. The van der Waals surface area contributed by atoms with E-state index in [4.69, 9.17) is 9.57 Å². The Morgan fingerprint density at radius 3 is 2.39 bits per heavy atom. The lowest BCUT2D eigenvalue weighted by Crippen LogP contribution is -2.41.